The van der Waals surface area contributed by atoms with Crippen molar-refractivity contribution in [1.29, 1.82) is 0 Å². The number of rotatable bonds is 6. The molecule has 134 valence electrons. The van der Waals surface area contributed by atoms with E-state index in [0.717, 1.165) is 22.5 Å². The van der Waals surface area contributed by atoms with Crippen LogP contribution in [-0.4, -0.2) is 40.3 Å². The highest BCUT2D eigenvalue weighted by Crippen LogP contribution is 2.39. The summed E-state index contributed by atoms with van der Waals surface area (Å²) in [6, 6.07) is 7.62. The van der Waals surface area contributed by atoms with Crippen molar-refractivity contribution in [3.63, 3.8) is 0 Å². The quantitative estimate of drug-likeness (QED) is 0.690. The first-order valence-electron chi connectivity index (χ1n) is 8.69. The zero-order valence-corrected chi connectivity index (χ0v) is 14.5. The molecular formula is C19H20N4O3. The van der Waals surface area contributed by atoms with Crippen molar-refractivity contribution in [3.8, 4) is 5.75 Å². The van der Waals surface area contributed by atoms with E-state index in [1.54, 1.807) is 16.9 Å². The van der Waals surface area contributed by atoms with Crippen molar-refractivity contribution >= 4 is 17.2 Å². The minimum Gasteiger partial charge on any atom is -0.491 e. The van der Waals surface area contributed by atoms with Gasteiger partial charge in [0.25, 0.3) is 0 Å². The van der Waals surface area contributed by atoms with Crippen LogP contribution < -0.4 is 10.1 Å². The van der Waals surface area contributed by atoms with Gasteiger partial charge in [-0.1, -0.05) is 6.07 Å². The van der Waals surface area contributed by atoms with Gasteiger partial charge in [0.2, 0.25) is 5.91 Å². The average molecular weight is 352 g/mol. The Morgan fingerprint density at radius 2 is 2.23 bits per heavy atom. The largest absolute Gasteiger partial charge is 0.491 e. The van der Waals surface area contributed by atoms with Gasteiger partial charge in [-0.2, -0.15) is 5.10 Å². The van der Waals surface area contributed by atoms with Crippen molar-refractivity contribution in [3.05, 3.63) is 54.0 Å². The average Bonchev–Trinajstić information content (AvgIpc) is 3.08. The standard InChI is InChI=1S/C19H20N4O3/c1-2-25-8-9-26-13-4-5-14-15(11-18(24)22-17(14)10-13)16-12-21-23-7-3-6-20-19(16)23/h3-7,10,12,15H,2,8-9,11H2,1H3,(H,22,24)/t15-/m0/s1. The van der Waals surface area contributed by atoms with Gasteiger partial charge in [-0.05, 0) is 24.6 Å². The van der Waals surface area contributed by atoms with Gasteiger partial charge in [-0.3, -0.25) is 4.79 Å². The van der Waals surface area contributed by atoms with Crippen molar-refractivity contribution in [1.82, 2.24) is 14.6 Å². The molecule has 0 saturated heterocycles. The van der Waals surface area contributed by atoms with Crippen LogP contribution in [0.3, 0.4) is 0 Å². The van der Waals surface area contributed by atoms with Gasteiger partial charge in [0.1, 0.15) is 12.4 Å². The van der Waals surface area contributed by atoms with Crippen molar-refractivity contribution in [2.45, 2.75) is 19.3 Å². The van der Waals surface area contributed by atoms with Crippen LogP contribution in [0.15, 0.2) is 42.9 Å². The molecule has 4 rings (SSSR count). The first-order chi connectivity index (χ1) is 12.8. The summed E-state index contributed by atoms with van der Waals surface area (Å²) in [5.41, 5.74) is 3.54. The second-order valence-corrected chi connectivity index (χ2v) is 6.09. The number of hydrogen-bond donors (Lipinski definition) is 1. The number of anilines is 1. The molecule has 1 aromatic carbocycles. The van der Waals surface area contributed by atoms with Crippen LogP contribution in [0.4, 0.5) is 5.69 Å². The maximum absolute atomic E-state index is 12.3. The molecule has 0 unspecified atom stereocenters. The van der Waals surface area contributed by atoms with E-state index in [4.69, 9.17) is 9.47 Å². The molecular weight excluding hydrogens is 332 g/mol. The topological polar surface area (TPSA) is 77.8 Å². The number of ether oxygens (including phenoxy) is 2. The van der Waals surface area contributed by atoms with E-state index in [1.165, 1.54) is 0 Å². The maximum atomic E-state index is 12.3. The number of benzene rings is 1. The summed E-state index contributed by atoms with van der Waals surface area (Å²) < 4.78 is 12.7. The van der Waals surface area contributed by atoms with E-state index < -0.39 is 0 Å². The fraction of sp³-hybridized carbons (Fsp3) is 0.316. The van der Waals surface area contributed by atoms with E-state index in [-0.39, 0.29) is 11.8 Å². The van der Waals surface area contributed by atoms with Gasteiger partial charge in [0, 0.05) is 48.7 Å². The Kier molecular flexibility index (Phi) is 4.53. The molecule has 0 bridgehead atoms. The molecule has 0 fully saturated rings. The minimum atomic E-state index is -0.0800. The van der Waals surface area contributed by atoms with Gasteiger partial charge >= 0.3 is 0 Å². The van der Waals surface area contributed by atoms with Gasteiger partial charge < -0.3 is 14.8 Å². The fourth-order valence-corrected chi connectivity index (χ4v) is 3.27. The monoisotopic (exact) mass is 352 g/mol. The zero-order valence-electron chi connectivity index (χ0n) is 14.5. The molecule has 26 heavy (non-hydrogen) atoms. The molecule has 1 aliphatic heterocycles. The molecule has 3 heterocycles. The van der Waals surface area contributed by atoms with E-state index in [1.807, 2.05) is 37.4 Å². The Balaban J connectivity index is 1.64. The van der Waals surface area contributed by atoms with E-state index in [0.29, 0.717) is 32.0 Å². The Bertz CT molecular complexity index is 937. The number of nitrogens with zero attached hydrogens (tertiary/aromatic N) is 3. The molecule has 7 nitrogen and oxygen atoms in total. The van der Waals surface area contributed by atoms with E-state index in [2.05, 4.69) is 15.4 Å². The molecule has 1 aliphatic rings. The number of hydrogen-bond acceptors (Lipinski definition) is 5. The predicted octanol–water partition coefficient (Wildman–Crippen LogP) is 2.62. The third kappa shape index (κ3) is 3.13. The lowest BCUT2D eigenvalue weighted by Crippen LogP contribution is -2.23. The van der Waals surface area contributed by atoms with Crippen molar-refractivity contribution < 1.29 is 14.3 Å². The molecule has 0 aliphatic carbocycles. The highest BCUT2D eigenvalue weighted by Gasteiger charge is 2.29. The Hall–Kier alpha value is -2.93. The fourth-order valence-electron chi connectivity index (χ4n) is 3.27. The van der Waals surface area contributed by atoms with Crippen LogP contribution in [0.2, 0.25) is 0 Å². The number of fused-ring (bicyclic) bond motifs is 2. The molecule has 1 amide bonds. The van der Waals surface area contributed by atoms with Gasteiger partial charge in [0.15, 0.2) is 5.65 Å². The molecule has 7 heteroatoms. The molecule has 0 spiro atoms. The second kappa shape index (κ2) is 7.13. The Labute approximate surface area is 151 Å². The van der Waals surface area contributed by atoms with E-state index in [9.17, 15) is 4.79 Å². The molecule has 3 aromatic rings. The summed E-state index contributed by atoms with van der Waals surface area (Å²) in [5.74, 6) is 0.607. The lowest BCUT2D eigenvalue weighted by molar-refractivity contribution is -0.116. The predicted molar refractivity (Wildman–Crippen MR) is 96.5 cm³/mol. The SMILES string of the molecule is CCOCCOc1ccc2c(c1)NC(=O)C[C@@H]2c1cnn2cccnc12. The summed E-state index contributed by atoms with van der Waals surface area (Å²) in [6.45, 7) is 3.63. The lowest BCUT2D eigenvalue weighted by atomic mass is 9.86. The molecule has 2 aromatic heterocycles. The zero-order chi connectivity index (χ0) is 17.9. The minimum absolute atomic E-state index is 0.0238. The Morgan fingerprint density at radius 3 is 3.12 bits per heavy atom. The lowest BCUT2D eigenvalue weighted by Gasteiger charge is -2.25. The highest BCUT2D eigenvalue weighted by atomic mass is 16.5. The van der Waals surface area contributed by atoms with Crippen LogP contribution >= 0.6 is 0 Å². The van der Waals surface area contributed by atoms with Crippen molar-refractivity contribution in [2.75, 3.05) is 25.1 Å². The van der Waals surface area contributed by atoms with Gasteiger partial charge in [-0.15, -0.1) is 0 Å². The summed E-state index contributed by atoms with van der Waals surface area (Å²) in [6.07, 6.45) is 5.75. The van der Waals surface area contributed by atoms with Crippen molar-refractivity contribution in [2.24, 2.45) is 0 Å². The van der Waals surface area contributed by atoms with Crippen LogP contribution in [-0.2, 0) is 9.53 Å². The number of amides is 1. The smallest absolute Gasteiger partial charge is 0.225 e. The van der Waals surface area contributed by atoms with Crippen LogP contribution in [0.25, 0.3) is 5.65 Å². The summed E-state index contributed by atoms with van der Waals surface area (Å²) in [4.78, 5) is 16.7. The number of aromatic nitrogens is 3. The van der Waals surface area contributed by atoms with Gasteiger partial charge in [0.05, 0.1) is 12.8 Å². The number of nitrogens with one attached hydrogen (secondary N) is 1. The Morgan fingerprint density at radius 1 is 1.31 bits per heavy atom. The summed E-state index contributed by atoms with van der Waals surface area (Å²) in [7, 11) is 0. The van der Waals surface area contributed by atoms with Crippen LogP contribution in [0, 0.1) is 0 Å². The first-order valence-corrected chi connectivity index (χ1v) is 8.69. The molecule has 1 atom stereocenters. The van der Waals surface area contributed by atoms with Gasteiger partial charge in [-0.25, -0.2) is 9.50 Å². The molecule has 0 radical (unpaired) electrons. The third-order valence-electron chi connectivity index (χ3n) is 4.45. The highest BCUT2D eigenvalue weighted by molar-refractivity contribution is 5.96. The number of carbonyl (C=O) groups is 1. The number of carbonyl (C=O) groups excluding carboxylic acids is 1. The normalized spacial score (nSPS) is 16.3. The second-order valence-electron chi connectivity index (χ2n) is 6.09. The summed E-state index contributed by atoms with van der Waals surface area (Å²) >= 11 is 0. The van der Waals surface area contributed by atoms with Crippen LogP contribution in [0.1, 0.15) is 30.4 Å². The molecule has 1 N–H and O–H groups in total. The summed E-state index contributed by atoms with van der Waals surface area (Å²) in [5, 5.41) is 7.30. The maximum Gasteiger partial charge on any atom is 0.225 e. The molecule has 0 saturated carbocycles. The van der Waals surface area contributed by atoms with Crippen LogP contribution in [0.5, 0.6) is 5.75 Å². The third-order valence-corrected chi connectivity index (χ3v) is 4.45. The van der Waals surface area contributed by atoms with E-state index >= 15 is 0 Å². The first kappa shape index (κ1) is 16.5.